The van der Waals surface area contributed by atoms with E-state index in [-0.39, 0.29) is 11.9 Å². The Balaban J connectivity index is 1.76. The summed E-state index contributed by atoms with van der Waals surface area (Å²) in [7, 11) is 3.31. The van der Waals surface area contributed by atoms with E-state index < -0.39 is 0 Å². The summed E-state index contributed by atoms with van der Waals surface area (Å²) in [6, 6.07) is 15.4. The molecule has 1 aliphatic rings. The third-order valence-corrected chi connectivity index (χ3v) is 5.48. The van der Waals surface area contributed by atoms with Crippen molar-refractivity contribution in [2.24, 2.45) is 0 Å². The number of fused-ring (bicyclic) bond motifs is 1. The van der Waals surface area contributed by atoms with Crippen molar-refractivity contribution in [2.75, 3.05) is 34.0 Å². The van der Waals surface area contributed by atoms with Crippen LogP contribution >= 0.6 is 0 Å². The van der Waals surface area contributed by atoms with E-state index in [0.717, 1.165) is 40.3 Å². The van der Waals surface area contributed by atoms with Gasteiger partial charge in [0.05, 0.1) is 25.5 Å². The lowest BCUT2D eigenvalue weighted by atomic mass is 9.96. The van der Waals surface area contributed by atoms with Crippen molar-refractivity contribution >= 4 is 5.91 Å². The third-order valence-electron chi connectivity index (χ3n) is 5.48. The Bertz CT molecular complexity index is 1030. The van der Waals surface area contributed by atoms with Gasteiger partial charge in [0.25, 0.3) is 5.91 Å². The van der Waals surface area contributed by atoms with Crippen molar-refractivity contribution in [2.45, 2.75) is 19.4 Å². The number of rotatable bonds is 9. The molecule has 1 amide bonds. The number of nitrogens with zero attached hydrogens (tertiary/aromatic N) is 2. The number of benzene rings is 2. The summed E-state index contributed by atoms with van der Waals surface area (Å²) in [6.45, 7) is 3.75. The van der Waals surface area contributed by atoms with Crippen LogP contribution in [0.4, 0.5) is 0 Å². The molecule has 1 atom stereocenters. The van der Waals surface area contributed by atoms with Crippen molar-refractivity contribution in [1.82, 2.24) is 15.1 Å². The highest BCUT2D eigenvalue weighted by atomic mass is 16.5. The zero-order valence-electron chi connectivity index (χ0n) is 18.1. The molecule has 2 aromatic carbocycles. The van der Waals surface area contributed by atoms with E-state index in [2.05, 4.69) is 10.2 Å². The van der Waals surface area contributed by atoms with Gasteiger partial charge in [-0.2, -0.15) is 5.10 Å². The molecule has 3 aromatic rings. The number of hydrogen-bond acceptors (Lipinski definition) is 5. The normalized spacial score (nSPS) is 15.3. The molecule has 7 nitrogen and oxygen atoms in total. The van der Waals surface area contributed by atoms with Crippen molar-refractivity contribution in [1.29, 1.82) is 0 Å². The highest BCUT2D eigenvalue weighted by Crippen LogP contribution is 2.43. The van der Waals surface area contributed by atoms with Crippen LogP contribution in [0.15, 0.2) is 48.5 Å². The van der Waals surface area contributed by atoms with Crippen LogP contribution in [0.2, 0.25) is 0 Å². The second-order valence-electron chi connectivity index (χ2n) is 7.34. The molecule has 0 spiro atoms. The lowest BCUT2D eigenvalue weighted by Crippen LogP contribution is -2.31. The summed E-state index contributed by atoms with van der Waals surface area (Å²) in [5.74, 6) is 1.54. The van der Waals surface area contributed by atoms with Crippen LogP contribution in [0.25, 0.3) is 11.3 Å². The van der Waals surface area contributed by atoms with Gasteiger partial charge in [-0.3, -0.25) is 9.89 Å². The Morgan fingerprint density at radius 1 is 1.03 bits per heavy atom. The molecule has 31 heavy (non-hydrogen) atoms. The number of nitrogens with one attached hydrogen (secondary N) is 1. The monoisotopic (exact) mass is 421 g/mol. The Morgan fingerprint density at radius 2 is 1.74 bits per heavy atom. The Kier molecular flexibility index (Phi) is 6.23. The van der Waals surface area contributed by atoms with Crippen LogP contribution < -0.4 is 9.47 Å². The third kappa shape index (κ3) is 4.01. The summed E-state index contributed by atoms with van der Waals surface area (Å²) < 4.78 is 16.1. The summed E-state index contributed by atoms with van der Waals surface area (Å²) in [6.07, 6.45) is 0.755. The second kappa shape index (κ2) is 9.22. The van der Waals surface area contributed by atoms with E-state index in [1.54, 1.807) is 14.2 Å². The number of methoxy groups -OCH3 is 2. The standard InChI is InChI=1S/C24H27N3O4/c1-4-31-19-12-8-17(9-13-19)23-20-21(16-6-10-18(30-3)11-7-16)25-26-22(20)24(28)27(23)14-5-15-29-2/h6-13,23H,4-5,14-15H2,1-3H3,(H,25,26). The summed E-state index contributed by atoms with van der Waals surface area (Å²) >= 11 is 0. The van der Waals surface area contributed by atoms with Gasteiger partial charge in [0.1, 0.15) is 17.2 Å². The molecule has 1 aliphatic heterocycles. The maximum absolute atomic E-state index is 13.3. The molecule has 7 heteroatoms. The van der Waals surface area contributed by atoms with E-state index in [1.807, 2.05) is 60.4 Å². The highest BCUT2D eigenvalue weighted by Gasteiger charge is 2.41. The maximum atomic E-state index is 13.3. The Hall–Kier alpha value is -3.32. The molecule has 4 rings (SSSR count). The second-order valence-corrected chi connectivity index (χ2v) is 7.34. The van der Waals surface area contributed by atoms with E-state index in [9.17, 15) is 4.79 Å². The van der Waals surface area contributed by atoms with Gasteiger partial charge in [-0.05, 0) is 55.3 Å². The average molecular weight is 421 g/mol. The first-order valence-electron chi connectivity index (χ1n) is 10.4. The molecule has 162 valence electrons. The van der Waals surface area contributed by atoms with Gasteiger partial charge in [-0.1, -0.05) is 12.1 Å². The molecule has 1 unspecified atom stereocenters. The minimum absolute atomic E-state index is 0.0442. The molecule has 0 radical (unpaired) electrons. The quantitative estimate of drug-likeness (QED) is 0.527. The maximum Gasteiger partial charge on any atom is 0.273 e. The number of ether oxygens (including phenoxy) is 3. The molecule has 2 heterocycles. The topological polar surface area (TPSA) is 76.7 Å². The summed E-state index contributed by atoms with van der Waals surface area (Å²) in [4.78, 5) is 15.2. The van der Waals surface area contributed by atoms with Gasteiger partial charge in [0.2, 0.25) is 0 Å². The van der Waals surface area contributed by atoms with Gasteiger partial charge in [0.15, 0.2) is 0 Å². The van der Waals surface area contributed by atoms with Crippen molar-refractivity contribution < 1.29 is 19.0 Å². The van der Waals surface area contributed by atoms with Crippen LogP contribution in [0, 0.1) is 0 Å². The average Bonchev–Trinajstić information content (AvgIpc) is 3.34. The van der Waals surface area contributed by atoms with Crippen LogP contribution in [-0.2, 0) is 4.74 Å². The largest absolute Gasteiger partial charge is 0.497 e. The summed E-state index contributed by atoms with van der Waals surface area (Å²) in [5, 5.41) is 7.49. The molecule has 0 saturated heterocycles. The smallest absolute Gasteiger partial charge is 0.273 e. The molecule has 0 fully saturated rings. The number of aromatic nitrogens is 2. The number of carbonyl (C=O) groups excluding carboxylic acids is 1. The van der Waals surface area contributed by atoms with Crippen LogP contribution in [-0.4, -0.2) is 55.0 Å². The first-order chi connectivity index (χ1) is 15.2. The van der Waals surface area contributed by atoms with Crippen molar-refractivity contribution in [3.63, 3.8) is 0 Å². The van der Waals surface area contributed by atoms with Crippen LogP contribution in [0.1, 0.15) is 41.0 Å². The number of aromatic amines is 1. The van der Waals surface area contributed by atoms with Gasteiger partial charge >= 0.3 is 0 Å². The van der Waals surface area contributed by atoms with Gasteiger partial charge < -0.3 is 19.1 Å². The first-order valence-corrected chi connectivity index (χ1v) is 10.4. The number of hydrogen-bond donors (Lipinski definition) is 1. The van der Waals surface area contributed by atoms with Crippen molar-refractivity contribution in [3.8, 4) is 22.8 Å². The van der Waals surface area contributed by atoms with E-state index in [1.165, 1.54) is 0 Å². The molecule has 0 aliphatic carbocycles. The summed E-state index contributed by atoms with van der Waals surface area (Å²) in [5.41, 5.74) is 4.17. The molecular formula is C24H27N3O4. The number of carbonyl (C=O) groups is 1. The predicted octanol–water partition coefficient (Wildman–Crippen LogP) is 4.07. The molecular weight excluding hydrogens is 394 g/mol. The number of H-pyrrole nitrogens is 1. The minimum Gasteiger partial charge on any atom is -0.497 e. The fraction of sp³-hybridized carbons (Fsp3) is 0.333. The Labute approximate surface area is 181 Å². The highest BCUT2D eigenvalue weighted by molar-refractivity contribution is 6.00. The SMILES string of the molecule is CCOc1ccc(C2c3c(-c4ccc(OC)cc4)n[nH]c3C(=O)N2CCCOC)cc1. The van der Waals surface area contributed by atoms with Crippen molar-refractivity contribution in [3.05, 3.63) is 65.4 Å². The fourth-order valence-electron chi connectivity index (χ4n) is 4.04. The van der Waals surface area contributed by atoms with E-state index >= 15 is 0 Å². The number of amides is 1. The minimum atomic E-state index is -0.231. The molecule has 0 bridgehead atoms. The lowest BCUT2D eigenvalue weighted by Gasteiger charge is -2.26. The molecule has 1 N–H and O–H groups in total. The Morgan fingerprint density at radius 3 is 2.39 bits per heavy atom. The predicted molar refractivity (Wildman–Crippen MR) is 118 cm³/mol. The zero-order valence-corrected chi connectivity index (χ0v) is 18.1. The first kappa shape index (κ1) is 20.9. The van der Waals surface area contributed by atoms with Crippen LogP contribution in [0.3, 0.4) is 0 Å². The lowest BCUT2D eigenvalue weighted by molar-refractivity contribution is 0.0723. The van der Waals surface area contributed by atoms with Gasteiger partial charge in [-0.15, -0.1) is 0 Å². The fourth-order valence-corrected chi connectivity index (χ4v) is 4.04. The zero-order chi connectivity index (χ0) is 21.8. The van der Waals surface area contributed by atoms with Gasteiger partial charge in [0, 0.05) is 31.4 Å². The van der Waals surface area contributed by atoms with Crippen LogP contribution in [0.5, 0.6) is 11.5 Å². The van der Waals surface area contributed by atoms with E-state index in [4.69, 9.17) is 14.2 Å². The van der Waals surface area contributed by atoms with E-state index in [0.29, 0.717) is 25.5 Å². The molecule has 0 saturated carbocycles. The molecule has 1 aromatic heterocycles. The van der Waals surface area contributed by atoms with Gasteiger partial charge in [-0.25, -0.2) is 0 Å².